The van der Waals surface area contributed by atoms with E-state index in [-0.39, 0.29) is 26.2 Å². The smallest absolute Gasteiger partial charge is 0.271 e. The van der Waals surface area contributed by atoms with Gasteiger partial charge in [0.1, 0.15) is 4.90 Å². The Hall–Kier alpha value is -3.50. The quantitative estimate of drug-likeness (QED) is 0.146. The minimum Gasteiger partial charge on any atom is -0.354 e. The highest BCUT2D eigenvalue weighted by Crippen LogP contribution is 2.44. The summed E-state index contributed by atoms with van der Waals surface area (Å²) in [5, 5.41) is 7.84. The average Bonchev–Trinajstić information content (AvgIpc) is 2.91. The van der Waals surface area contributed by atoms with Crippen molar-refractivity contribution in [2.24, 2.45) is 5.10 Å². The molecule has 0 bridgehead atoms. The van der Waals surface area contributed by atoms with Gasteiger partial charge in [0.25, 0.3) is 15.9 Å². The lowest BCUT2D eigenvalue weighted by Crippen LogP contribution is -2.20. The molecular weight excluding hydrogens is 563 g/mol. The van der Waals surface area contributed by atoms with Gasteiger partial charge in [-0.2, -0.15) is 5.10 Å². The first kappa shape index (κ1) is 26.1. The van der Waals surface area contributed by atoms with Crippen LogP contribution in [-0.2, 0) is 10.0 Å². The van der Waals surface area contributed by atoms with Gasteiger partial charge in [0.15, 0.2) is 0 Å². The fourth-order valence-corrected chi connectivity index (χ4v) is 6.54. The number of anilines is 3. The second-order valence-electron chi connectivity index (χ2n) is 8.30. The molecule has 4 aromatic carbocycles. The van der Waals surface area contributed by atoms with Crippen molar-refractivity contribution in [2.75, 3.05) is 10.0 Å². The van der Waals surface area contributed by atoms with Crippen LogP contribution in [-0.4, -0.2) is 20.0 Å². The highest BCUT2D eigenvalue weighted by atomic mass is 35.5. The van der Waals surface area contributed by atoms with E-state index in [0.29, 0.717) is 5.71 Å². The van der Waals surface area contributed by atoms with Crippen molar-refractivity contribution in [3.63, 3.8) is 0 Å². The maximum absolute atomic E-state index is 13.0. The molecule has 1 amide bonds. The Morgan fingerprint density at radius 2 is 1.55 bits per heavy atom. The summed E-state index contributed by atoms with van der Waals surface area (Å²) in [6.45, 7) is 1.77. The number of halogens is 2. The van der Waals surface area contributed by atoms with Gasteiger partial charge in [-0.15, -0.1) is 0 Å². The molecule has 0 radical (unpaired) electrons. The van der Waals surface area contributed by atoms with Crippen molar-refractivity contribution in [3.8, 4) is 0 Å². The van der Waals surface area contributed by atoms with E-state index in [1.54, 1.807) is 36.9 Å². The predicted molar refractivity (Wildman–Crippen MR) is 154 cm³/mol. The number of carbonyl (C=O) groups excluding carboxylic acids is 1. The molecule has 0 atom stereocenters. The van der Waals surface area contributed by atoms with E-state index >= 15 is 0 Å². The monoisotopic (exact) mass is 582 g/mol. The zero-order valence-electron chi connectivity index (χ0n) is 19.8. The highest BCUT2D eigenvalue weighted by molar-refractivity contribution is 7.99. The van der Waals surface area contributed by atoms with Crippen LogP contribution in [0.25, 0.3) is 0 Å². The SMILES string of the molecule is C/C(=N/NC(=O)c1ccc(Cl)c(S(=O)(=O)Nc2ccccc2Cl)c1)c1ccc2c(c1)Nc1ccccc1S2. The lowest BCUT2D eigenvalue weighted by atomic mass is 10.1. The molecule has 1 aliphatic heterocycles. The van der Waals surface area contributed by atoms with Crippen LogP contribution >= 0.6 is 35.0 Å². The van der Waals surface area contributed by atoms with Gasteiger partial charge in [-0.25, -0.2) is 13.8 Å². The minimum atomic E-state index is -4.12. The summed E-state index contributed by atoms with van der Waals surface area (Å²) in [4.78, 5) is 14.8. The predicted octanol–water partition coefficient (Wildman–Crippen LogP) is 7.16. The Bertz CT molecular complexity index is 1710. The molecule has 0 aromatic heterocycles. The van der Waals surface area contributed by atoms with E-state index in [0.717, 1.165) is 26.7 Å². The Morgan fingerprint density at radius 3 is 2.37 bits per heavy atom. The third kappa shape index (κ3) is 5.51. The number of hydrogen-bond acceptors (Lipinski definition) is 6. The molecule has 0 unspecified atom stereocenters. The number of fused-ring (bicyclic) bond motifs is 2. The number of rotatable bonds is 6. The third-order valence-electron chi connectivity index (χ3n) is 5.70. The molecular formula is C27H20Cl2N4O3S2. The first-order chi connectivity index (χ1) is 18.2. The molecule has 11 heteroatoms. The van der Waals surface area contributed by atoms with Gasteiger partial charge in [-0.05, 0) is 67.1 Å². The molecule has 5 rings (SSSR count). The molecule has 0 spiro atoms. The fourth-order valence-electron chi connectivity index (χ4n) is 3.72. The van der Waals surface area contributed by atoms with Crippen LogP contribution in [0.3, 0.4) is 0 Å². The number of amides is 1. The van der Waals surface area contributed by atoms with Crippen LogP contribution < -0.4 is 15.5 Å². The number of carbonyl (C=O) groups is 1. The molecule has 0 aliphatic carbocycles. The summed E-state index contributed by atoms with van der Waals surface area (Å²) in [6, 6.07) is 24.3. The van der Waals surface area contributed by atoms with Crippen molar-refractivity contribution in [2.45, 2.75) is 21.6 Å². The zero-order chi connectivity index (χ0) is 26.9. The number of nitrogens with zero attached hydrogens (tertiary/aromatic N) is 1. The van der Waals surface area contributed by atoms with Crippen LogP contribution in [0.2, 0.25) is 10.0 Å². The summed E-state index contributed by atoms with van der Waals surface area (Å²) in [6.07, 6.45) is 0. The molecule has 1 aliphatic rings. The van der Waals surface area contributed by atoms with Crippen molar-refractivity contribution < 1.29 is 13.2 Å². The summed E-state index contributed by atoms with van der Waals surface area (Å²) in [5.41, 5.74) is 6.14. The number of benzene rings is 4. The minimum absolute atomic E-state index is 0.0400. The first-order valence-corrected chi connectivity index (χ1v) is 14.4. The number of nitrogens with one attached hydrogen (secondary N) is 3. The molecule has 7 nitrogen and oxygen atoms in total. The molecule has 4 aromatic rings. The van der Waals surface area contributed by atoms with Crippen LogP contribution in [0, 0.1) is 0 Å². The second kappa shape index (κ2) is 10.7. The first-order valence-electron chi connectivity index (χ1n) is 11.3. The number of para-hydroxylation sites is 2. The molecule has 192 valence electrons. The molecule has 38 heavy (non-hydrogen) atoms. The summed E-state index contributed by atoms with van der Waals surface area (Å²) < 4.78 is 28.3. The second-order valence-corrected chi connectivity index (χ2v) is 11.9. The van der Waals surface area contributed by atoms with Gasteiger partial charge >= 0.3 is 0 Å². The highest BCUT2D eigenvalue weighted by Gasteiger charge is 2.22. The van der Waals surface area contributed by atoms with Crippen LogP contribution in [0.4, 0.5) is 17.1 Å². The van der Waals surface area contributed by atoms with Crippen molar-refractivity contribution in [1.29, 1.82) is 0 Å². The van der Waals surface area contributed by atoms with Crippen LogP contribution in [0.15, 0.2) is 105 Å². The summed E-state index contributed by atoms with van der Waals surface area (Å²) in [7, 11) is -4.12. The number of sulfonamides is 1. The van der Waals surface area contributed by atoms with Gasteiger partial charge < -0.3 is 5.32 Å². The maximum atomic E-state index is 13.0. The lowest BCUT2D eigenvalue weighted by Gasteiger charge is -2.21. The van der Waals surface area contributed by atoms with E-state index in [2.05, 4.69) is 26.6 Å². The topological polar surface area (TPSA) is 99.7 Å². The largest absolute Gasteiger partial charge is 0.354 e. The fraction of sp³-hybridized carbons (Fsp3) is 0.0370. The average molecular weight is 584 g/mol. The summed E-state index contributed by atoms with van der Waals surface area (Å²) >= 11 is 13.9. The van der Waals surface area contributed by atoms with Gasteiger partial charge in [0, 0.05) is 15.4 Å². The standard InChI is InChI=1S/C27H20Cl2N4O3S2/c1-16(17-11-13-25-23(14-17)30-22-8-4-5-9-24(22)37-25)31-32-27(34)18-10-12-20(29)26(15-18)38(35,36)33-21-7-3-2-6-19(21)28/h2-15,30,33H,1H3,(H,32,34)/b31-16-. The van der Waals surface area contributed by atoms with E-state index in [9.17, 15) is 13.2 Å². The Labute approximate surface area is 234 Å². The maximum Gasteiger partial charge on any atom is 0.271 e. The van der Waals surface area contributed by atoms with E-state index < -0.39 is 15.9 Å². The van der Waals surface area contributed by atoms with E-state index in [1.807, 2.05) is 36.4 Å². The number of hydrogen-bond donors (Lipinski definition) is 3. The molecule has 3 N–H and O–H groups in total. The van der Waals surface area contributed by atoms with Gasteiger partial charge in [-0.1, -0.05) is 65.3 Å². The van der Waals surface area contributed by atoms with Gasteiger partial charge in [0.2, 0.25) is 0 Å². The Kier molecular flexibility index (Phi) is 7.36. The van der Waals surface area contributed by atoms with Crippen molar-refractivity contribution in [3.05, 3.63) is 106 Å². The van der Waals surface area contributed by atoms with Gasteiger partial charge in [0.05, 0.1) is 32.8 Å². The molecule has 0 saturated carbocycles. The number of hydrazone groups is 1. The third-order valence-corrected chi connectivity index (χ3v) is 9.03. The van der Waals surface area contributed by atoms with Gasteiger partial charge in [-0.3, -0.25) is 9.52 Å². The van der Waals surface area contributed by atoms with Crippen molar-refractivity contribution >= 4 is 73.7 Å². The van der Waals surface area contributed by atoms with Crippen molar-refractivity contribution in [1.82, 2.24) is 5.43 Å². The Balaban J connectivity index is 1.33. The van der Waals surface area contributed by atoms with E-state index in [1.165, 1.54) is 24.3 Å². The zero-order valence-corrected chi connectivity index (χ0v) is 23.0. The molecule has 0 fully saturated rings. The lowest BCUT2D eigenvalue weighted by molar-refractivity contribution is 0.0954. The van der Waals surface area contributed by atoms with E-state index in [4.69, 9.17) is 23.2 Å². The molecule has 0 saturated heterocycles. The normalized spacial score (nSPS) is 12.7. The van der Waals surface area contributed by atoms with Crippen LogP contribution in [0.5, 0.6) is 0 Å². The summed E-state index contributed by atoms with van der Waals surface area (Å²) in [5.74, 6) is -0.587. The molecule has 1 heterocycles. The van der Waals surface area contributed by atoms with Crippen LogP contribution in [0.1, 0.15) is 22.8 Å². The Morgan fingerprint density at radius 1 is 0.842 bits per heavy atom.